The van der Waals surface area contributed by atoms with Gasteiger partial charge in [0.1, 0.15) is 17.6 Å². The summed E-state index contributed by atoms with van der Waals surface area (Å²) in [5.74, 6) is 0.763. The van der Waals surface area contributed by atoms with Crippen LogP contribution in [0.3, 0.4) is 0 Å². The Hall–Kier alpha value is -2.60. The molecule has 0 aliphatic carbocycles. The predicted octanol–water partition coefficient (Wildman–Crippen LogP) is 2.02. The van der Waals surface area contributed by atoms with Gasteiger partial charge in [0.2, 0.25) is 0 Å². The fraction of sp³-hybridized carbons (Fsp3) is 0.368. The lowest BCUT2D eigenvalue weighted by Crippen LogP contribution is -2.32. The molecule has 0 saturated carbocycles. The van der Waals surface area contributed by atoms with Crippen LogP contribution in [0.15, 0.2) is 36.4 Å². The molecule has 6 heteroatoms. The minimum atomic E-state index is -0.993. The molecule has 0 amide bonds. The number of rotatable bonds is 7. The van der Waals surface area contributed by atoms with Gasteiger partial charge in [-0.2, -0.15) is 0 Å². The van der Waals surface area contributed by atoms with Crippen molar-refractivity contribution in [3.05, 3.63) is 53.2 Å². The van der Waals surface area contributed by atoms with E-state index in [-0.39, 0.29) is 0 Å². The van der Waals surface area contributed by atoms with E-state index >= 15 is 0 Å². The number of ether oxygens (including phenoxy) is 1. The van der Waals surface area contributed by atoms with Crippen LogP contribution in [0.25, 0.3) is 0 Å². The van der Waals surface area contributed by atoms with Gasteiger partial charge in [0.05, 0.1) is 6.61 Å². The molecule has 1 aromatic heterocycles. The number of anilines is 1. The first kappa shape index (κ1) is 17.2. The second-order valence-electron chi connectivity index (χ2n) is 6.23. The molecule has 0 bridgehead atoms. The van der Waals surface area contributed by atoms with E-state index in [0.29, 0.717) is 13.0 Å². The van der Waals surface area contributed by atoms with E-state index in [9.17, 15) is 4.79 Å². The highest BCUT2D eigenvalue weighted by Crippen LogP contribution is 2.20. The number of hydrogen-bond donors (Lipinski definition) is 3. The Morgan fingerprint density at radius 1 is 1.28 bits per heavy atom. The van der Waals surface area contributed by atoms with Gasteiger partial charge < -0.3 is 20.9 Å². The Kier molecular flexibility index (Phi) is 5.50. The summed E-state index contributed by atoms with van der Waals surface area (Å²) in [6.07, 6.45) is 3.29. The van der Waals surface area contributed by atoms with Gasteiger partial charge in [-0.15, -0.1) is 0 Å². The third-order valence-corrected chi connectivity index (χ3v) is 4.27. The number of nitrogens with zero attached hydrogens (tertiary/aromatic N) is 1. The van der Waals surface area contributed by atoms with E-state index < -0.39 is 12.0 Å². The summed E-state index contributed by atoms with van der Waals surface area (Å²) in [7, 11) is 0. The SMILES string of the molecule is N[C@@H](Cc1ccc(OCCc2ccc3c(n2)NCCC3)cc1)C(=O)O. The van der Waals surface area contributed by atoms with Crippen LogP contribution in [0.2, 0.25) is 0 Å². The van der Waals surface area contributed by atoms with E-state index in [2.05, 4.69) is 22.4 Å². The molecule has 1 aliphatic heterocycles. The van der Waals surface area contributed by atoms with Crippen molar-refractivity contribution < 1.29 is 14.6 Å². The Labute approximate surface area is 147 Å². The van der Waals surface area contributed by atoms with E-state index in [1.165, 1.54) is 5.56 Å². The first-order chi connectivity index (χ1) is 12.1. The fourth-order valence-electron chi connectivity index (χ4n) is 2.84. The average Bonchev–Trinajstić information content (AvgIpc) is 2.63. The van der Waals surface area contributed by atoms with Gasteiger partial charge in [0, 0.05) is 18.7 Å². The highest BCUT2D eigenvalue weighted by atomic mass is 16.5. The van der Waals surface area contributed by atoms with Gasteiger partial charge in [-0.3, -0.25) is 4.79 Å². The molecular formula is C19H23N3O3. The molecule has 0 fully saturated rings. The van der Waals surface area contributed by atoms with Crippen LogP contribution < -0.4 is 15.8 Å². The number of carbonyl (C=O) groups is 1. The van der Waals surface area contributed by atoms with Crippen LogP contribution in [-0.4, -0.2) is 35.3 Å². The number of aromatic nitrogens is 1. The number of aliphatic carboxylic acids is 1. The molecule has 0 radical (unpaired) electrons. The second kappa shape index (κ2) is 7.98. The number of hydrogen-bond acceptors (Lipinski definition) is 5. The summed E-state index contributed by atoms with van der Waals surface area (Å²) >= 11 is 0. The quantitative estimate of drug-likeness (QED) is 0.713. The number of carboxylic acids is 1. The van der Waals surface area contributed by atoms with Gasteiger partial charge >= 0.3 is 5.97 Å². The first-order valence-electron chi connectivity index (χ1n) is 8.54. The van der Waals surface area contributed by atoms with Gasteiger partial charge in [-0.25, -0.2) is 4.98 Å². The zero-order valence-electron chi connectivity index (χ0n) is 14.1. The molecular weight excluding hydrogens is 318 g/mol. The summed E-state index contributed by atoms with van der Waals surface area (Å²) in [6, 6.07) is 10.7. The highest BCUT2D eigenvalue weighted by Gasteiger charge is 2.12. The lowest BCUT2D eigenvalue weighted by molar-refractivity contribution is -0.138. The van der Waals surface area contributed by atoms with Gasteiger partial charge in [0.15, 0.2) is 0 Å². The van der Waals surface area contributed by atoms with Gasteiger partial charge in [-0.1, -0.05) is 18.2 Å². The van der Waals surface area contributed by atoms with Crippen LogP contribution >= 0.6 is 0 Å². The molecule has 6 nitrogen and oxygen atoms in total. The normalized spacial score (nSPS) is 14.3. The summed E-state index contributed by atoms with van der Waals surface area (Å²) in [6.45, 7) is 1.53. The van der Waals surface area contributed by atoms with Gasteiger partial charge in [0.25, 0.3) is 0 Å². The molecule has 2 aromatic rings. The lowest BCUT2D eigenvalue weighted by Gasteiger charge is -2.17. The predicted molar refractivity (Wildman–Crippen MR) is 96.0 cm³/mol. The zero-order chi connectivity index (χ0) is 17.6. The summed E-state index contributed by atoms with van der Waals surface area (Å²) in [4.78, 5) is 15.4. The van der Waals surface area contributed by atoms with Crippen molar-refractivity contribution in [2.45, 2.75) is 31.7 Å². The Morgan fingerprint density at radius 3 is 2.84 bits per heavy atom. The standard InChI is InChI=1S/C19H23N3O3/c20-17(19(23)24)12-13-3-7-16(8-4-13)25-11-9-15-6-5-14-2-1-10-21-18(14)22-15/h3-8,17H,1-2,9-12,20H2,(H,21,22)(H,23,24)/t17-/m0/s1. The van der Waals surface area contributed by atoms with Gasteiger partial charge in [-0.05, 0) is 48.6 Å². The first-order valence-corrected chi connectivity index (χ1v) is 8.54. The third kappa shape index (κ3) is 4.70. The fourth-order valence-corrected chi connectivity index (χ4v) is 2.84. The molecule has 1 aromatic carbocycles. The maximum absolute atomic E-state index is 10.8. The third-order valence-electron chi connectivity index (χ3n) is 4.27. The molecule has 3 rings (SSSR count). The lowest BCUT2D eigenvalue weighted by atomic mass is 10.1. The maximum atomic E-state index is 10.8. The van der Waals surface area contributed by atoms with Crippen LogP contribution in [0.1, 0.15) is 23.2 Å². The minimum absolute atomic E-state index is 0.307. The Balaban J connectivity index is 1.49. The molecule has 0 unspecified atom stereocenters. The van der Waals surface area contributed by atoms with E-state index in [1.807, 2.05) is 24.3 Å². The Morgan fingerprint density at radius 2 is 2.08 bits per heavy atom. The minimum Gasteiger partial charge on any atom is -0.493 e. The molecule has 132 valence electrons. The van der Waals surface area contributed by atoms with Crippen LogP contribution in [0.5, 0.6) is 5.75 Å². The van der Waals surface area contributed by atoms with Crippen molar-refractivity contribution in [1.29, 1.82) is 0 Å². The summed E-state index contributed by atoms with van der Waals surface area (Å²) in [5.41, 5.74) is 8.71. The molecule has 0 saturated heterocycles. The van der Waals surface area contributed by atoms with Crippen molar-refractivity contribution in [3.63, 3.8) is 0 Å². The Bertz CT molecular complexity index is 731. The van der Waals surface area contributed by atoms with E-state index in [1.54, 1.807) is 0 Å². The summed E-state index contributed by atoms with van der Waals surface area (Å²) < 4.78 is 5.75. The number of fused-ring (bicyclic) bond motifs is 1. The van der Waals surface area contributed by atoms with Crippen LogP contribution in [0, 0.1) is 0 Å². The zero-order valence-corrected chi connectivity index (χ0v) is 14.1. The molecule has 2 heterocycles. The van der Waals surface area contributed by atoms with Crippen molar-refractivity contribution in [3.8, 4) is 5.75 Å². The van der Waals surface area contributed by atoms with Crippen LogP contribution in [0.4, 0.5) is 5.82 Å². The van der Waals surface area contributed by atoms with Crippen molar-refractivity contribution >= 4 is 11.8 Å². The molecule has 25 heavy (non-hydrogen) atoms. The number of aryl methyl sites for hydroxylation is 1. The molecule has 1 aliphatic rings. The highest BCUT2D eigenvalue weighted by molar-refractivity contribution is 5.73. The van der Waals surface area contributed by atoms with Crippen LogP contribution in [-0.2, 0) is 24.1 Å². The van der Waals surface area contributed by atoms with E-state index in [0.717, 1.165) is 48.6 Å². The monoisotopic (exact) mass is 341 g/mol. The second-order valence-corrected chi connectivity index (χ2v) is 6.23. The van der Waals surface area contributed by atoms with Crippen molar-refractivity contribution in [2.24, 2.45) is 5.73 Å². The summed E-state index contributed by atoms with van der Waals surface area (Å²) in [5, 5.41) is 12.2. The largest absolute Gasteiger partial charge is 0.493 e. The van der Waals surface area contributed by atoms with E-state index in [4.69, 9.17) is 15.6 Å². The topological polar surface area (TPSA) is 97.5 Å². The molecule has 1 atom stereocenters. The molecule has 4 N–H and O–H groups in total. The van der Waals surface area contributed by atoms with Crippen molar-refractivity contribution in [2.75, 3.05) is 18.5 Å². The molecule has 0 spiro atoms. The van der Waals surface area contributed by atoms with Crippen molar-refractivity contribution in [1.82, 2.24) is 4.98 Å². The number of benzene rings is 1. The smallest absolute Gasteiger partial charge is 0.320 e. The average molecular weight is 341 g/mol. The maximum Gasteiger partial charge on any atom is 0.320 e. The number of nitrogens with two attached hydrogens (primary N) is 1. The number of nitrogens with one attached hydrogen (secondary N) is 1. The number of carboxylic acid groups (broad SMARTS) is 1. The number of pyridine rings is 1.